The van der Waals surface area contributed by atoms with Crippen LogP contribution in [-0.2, 0) is 61.6 Å². The third kappa shape index (κ3) is 12.9. The lowest BCUT2D eigenvalue weighted by molar-refractivity contribution is -0.382. The molecule has 0 aromatic rings. The summed E-state index contributed by atoms with van der Waals surface area (Å²) in [5.74, 6) is -0.646. The fourth-order valence-electron chi connectivity index (χ4n) is 19.0. The fourth-order valence-corrected chi connectivity index (χ4v) is 19.0. The van der Waals surface area contributed by atoms with Crippen LogP contribution in [0.4, 0.5) is 0 Å². The first-order valence-electron chi connectivity index (χ1n) is 34.0. The lowest BCUT2D eigenvalue weighted by atomic mass is 9.33. The Morgan fingerprint density at radius 1 is 0.495 bits per heavy atom. The van der Waals surface area contributed by atoms with Crippen LogP contribution >= 0.6 is 0 Å². The fraction of sp³-hybridized carbons (Fsp3) is 0.954. The molecule has 30 nitrogen and oxygen atoms in total. The van der Waals surface area contributed by atoms with Gasteiger partial charge in [0.1, 0.15) is 128 Å². The first-order chi connectivity index (χ1) is 44.5. The summed E-state index contributed by atoms with van der Waals surface area (Å²) in [4.78, 5) is 15.3. The summed E-state index contributed by atoms with van der Waals surface area (Å²) in [5, 5.41) is 184. The van der Waals surface area contributed by atoms with Gasteiger partial charge in [-0.2, -0.15) is 0 Å². The van der Waals surface area contributed by atoms with Crippen molar-refractivity contribution in [3.05, 3.63) is 11.6 Å². The number of esters is 1. The van der Waals surface area contributed by atoms with Crippen molar-refractivity contribution in [1.82, 2.24) is 0 Å². The van der Waals surface area contributed by atoms with E-state index < -0.39 is 226 Å². The van der Waals surface area contributed by atoms with E-state index in [1.165, 1.54) is 19.4 Å². The molecule has 11 rings (SSSR count). The second kappa shape index (κ2) is 27.7. The van der Waals surface area contributed by atoms with Gasteiger partial charge in [0.15, 0.2) is 31.5 Å². The van der Waals surface area contributed by atoms with Crippen LogP contribution in [-0.4, -0.2) is 303 Å². The molecule has 10 fully saturated rings. The molecule has 5 aliphatic carbocycles. The maximum absolute atomic E-state index is 15.3. The van der Waals surface area contributed by atoms with Crippen LogP contribution in [0.2, 0.25) is 0 Å². The topological polar surface area (TPSA) is 472 Å². The van der Waals surface area contributed by atoms with Crippen LogP contribution in [0.15, 0.2) is 11.6 Å². The number of hydrogen-bond donors (Lipinski definition) is 17. The molecule has 6 aliphatic heterocycles. The Hall–Kier alpha value is -1.91. The summed E-state index contributed by atoms with van der Waals surface area (Å²) in [6.45, 7) is 16.2. The molecule has 6 heterocycles. The van der Waals surface area contributed by atoms with E-state index in [0.717, 1.165) is 19.3 Å². The zero-order valence-corrected chi connectivity index (χ0v) is 55.4. The van der Waals surface area contributed by atoms with Crippen molar-refractivity contribution >= 4 is 5.97 Å². The zero-order valence-electron chi connectivity index (χ0n) is 55.4. The first-order valence-corrected chi connectivity index (χ1v) is 34.0. The van der Waals surface area contributed by atoms with Crippen LogP contribution in [0.5, 0.6) is 0 Å². The monoisotopic (exact) mass is 1370 g/mol. The largest absolute Gasteiger partial charge is 0.432 e. The van der Waals surface area contributed by atoms with Crippen molar-refractivity contribution in [3.8, 4) is 0 Å². The quantitative estimate of drug-likeness (QED) is 0.0426. The maximum Gasteiger partial charge on any atom is 0.315 e. The molecular weight excluding hydrogens is 1260 g/mol. The Morgan fingerprint density at radius 3 is 1.71 bits per heavy atom. The highest BCUT2D eigenvalue weighted by Crippen LogP contribution is 2.76. The number of carbonyl (C=O) groups is 1. The minimum atomic E-state index is -1.91. The number of allylic oxidation sites excluding steroid dienone is 2. The first kappa shape index (κ1) is 74.3. The van der Waals surface area contributed by atoms with E-state index in [1.807, 2.05) is 0 Å². The van der Waals surface area contributed by atoms with Gasteiger partial charge in [-0.15, -0.1) is 0 Å². The molecule has 4 saturated carbocycles. The van der Waals surface area contributed by atoms with Gasteiger partial charge in [-0.3, -0.25) is 4.79 Å². The highest BCUT2D eigenvalue weighted by molar-refractivity contribution is 5.79. The van der Waals surface area contributed by atoms with Crippen LogP contribution in [0.1, 0.15) is 127 Å². The van der Waals surface area contributed by atoms with Gasteiger partial charge in [-0.25, -0.2) is 0 Å². The molecule has 546 valence electrons. The number of aliphatic hydroxyl groups excluding tert-OH is 17. The summed E-state index contributed by atoms with van der Waals surface area (Å²) in [6, 6.07) is 0. The molecule has 0 unspecified atom stereocenters. The Kier molecular flexibility index (Phi) is 21.7. The van der Waals surface area contributed by atoms with Gasteiger partial charge in [0, 0.05) is 0 Å². The lowest BCUT2D eigenvalue weighted by Crippen LogP contribution is -2.66. The smallest absolute Gasteiger partial charge is 0.315 e. The van der Waals surface area contributed by atoms with Crippen molar-refractivity contribution < 1.29 is 148 Å². The molecule has 0 aromatic carbocycles. The minimum absolute atomic E-state index is 0.0952. The molecule has 0 radical (unpaired) electrons. The molecule has 30 heteroatoms. The summed E-state index contributed by atoms with van der Waals surface area (Å²) < 4.78 is 71.6. The van der Waals surface area contributed by atoms with Crippen LogP contribution in [0.25, 0.3) is 0 Å². The number of carbonyl (C=O) groups excluding carboxylic acids is 1. The number of fused-ring (bicyclic) bond motifs is 7. The predicted molar refractivity (Wildman–Crippen MR) is 319 cm³/mol. The van der Waals surface area contributed by atoms with Crippen molar-refractivity contribution in [2.45, 2.75) is 311 Å². The molecule has 95 heavy (non-hydrogen) atoms. The second-order valence-corrected chi connectivity index (χ2v) is 31.4. The highest BCUT2D eigenvalue weighted by atomic mass is 16.8. The van der Waals surface area contributed by atoms with Crippen molar-refractivity contribution in [2.75, 3.05) is 26.4 Å². The molecule has 0 amide bonds. The van der Waals surface area contributed by atoms with Crippen LogP contribution in [0, 0.1) is 50.2 Å². The molecule has 0 aromatic heterocycles. The van der Waals surface area contributed by atoms with Gasteiger partial charge in [0.05, 0.1) is 50.2 Å². The van der Waals surface area contributed by atoms with Gasteiger partial charge in [0.25, 0.3) is 0 Å². The summed E-state index contributed by atoms with van der Waals surface area (Å²) in [6.07, 6.45) is -38.5. The van der Waals surface area contributed by atoms with Gasteiger partial charge in [-0.1, -0.05) is 60.1 Å². The van der Waals surface area contributed by atoms with Gasteiger partial charge >= 0.3 is 5.97 Å². The van der Waals surface area contributed by atoms with E-state index in [9.17, 15) is 86.8 Å². The number of aliphatic hydroxyl groups is 17. The normalized spacial score (nSPS) is 54.6. The zero-order chi connectivity index (χ0) is 69.3. The molecule has 17 N–H and O–H groups in total. The van der Waals surface area contributed by atoms with E-state index in [2.05, 4.69) is 54.5 Å². The molecular formula is C65H106O30. The predicted octanol–water partition coefficient (Wildman–Crippen LogP) is -3.69. The van der Waals surface area contributed by atoms with E-state index in [0.29, 0.717) is 44.9 Å². The number of hydrogen-bond acceptors (Lipinski definition) is 30. The van der Waals surface area contributed by atoms with Crippen molar-refractivity contribution in [2.24, 2.45) is 50.2 Å². The molecule has 0 bridgehead atoms. The van der Waals surface area contributed by atoms with E-state index in [1.54, 1.807) is 0 Å². The maximum atomic E-state index is 15.3. The van der Waals surface area contributed by atoms with E-state index in [4.69, 9.17) is 56.8 Å². The standard InChI is InChI=1S/C65H106O30/c1-25-36(69)41(74)45(78)54(86-25)92-50-31(22-67)89-53(48(81)44(50)77)85-24-32-40(73)43(76)47(80)56(90-32)95-59(83)65-18-16-60(3,4)20-28(65)27-10-11-34-62(7)14-13-35(61(5,6)33(62)12-15-64(34,9)63(27,8)17-19-65)91-58-52(38(71)29(68)23-84-58)94-57-49(82)51(37(70)26(2)87-57)93-55-46(79)42(75)39(72)30(21-66)88-55/h10,25-26,28-58,66-82H,11-24H2,1-9H3/t25-,26-,28-,29+,30+,31+,32+,33-,34+,35-,36-,37-,38-,39-,40+,41+,42-,43-,44+,45+,46+,47+,48+,49+,50+,51+,52+,53+,54-,55-,56-,57-,58-,62-,63+,64+,65-/m0/s1. The van der Waals surface area contributed by atoms with Gasteiger partial charge < -0.3 is 144 Å². The molecule has 11 aliphatic rings. The SMILES string of the molecule is C[C@@H]1O[C@@H](O[C@H]2[C@H](O)[C@@H](O)[C@H](OC[C@H]3O[C@@H](OC(=O)[C@]45CCC(C)(C)C[C@H]4C4=CC[C@@H]6[C@@]7(C)CC[C@H](O[C@@H]8OC[C@@H](O)[C@H](O)[C@H]8O[C@@H]8O[C@@H](C)[C@H](O)[C@@H](O[C@@H]9O[C@H](CO)[C@H](O)[C@H](O)[C@H]9O)[C@H]8O)C(C)(C)[C@@H]7CC[C@@]6(C)[C@]4(C)CC5)[C@H](O)[C@@H](O)[C@@H]3O)O[C@@H]2CO)[C@H](O)[C@H](O)[C@H]1O. The summed E-state index contributed by atoms with van der Waals surface area (Å²) in [5.41, 5.74) is -1.49. The Balaban J connectivity index is 0.762. The van der Waals surface area contributed by atoms with E-state index in [-0.39, 0.29) is 40.6 Å². The summed E-state index contributed by atoms with van der Waals surface area (Å²) in [7, 11) is 0. The number of rotatable bonds is 15. The van der Waals surface area contributed by atoms with Gasteiger partial charge in [0.2, 0.25) is 6.29 Å². The van der Waals surface area contributed by atoms with Gasteiger partial charge in [-0.05, 0) is 123 Å². The average Bonchev–Trinajstić information content (AvgIpc) is 0.673. The van der Waals surface area contributed by atoms with Crippen molar-refractivity contribution in [1.29, 1.82) is 0 Å². The van der Waals surface area contributed by atoms with Crippen LogP contribution < -0.4 is 0 Å². The third-order valence-corrected chi connectivity index (χ3v) is 25.2. The molecule has 37 atom stereocenters. The third-order valence-electron chi connectivity index (χ3n) is 25.2. The minimum Gasteiger partial charge on any atom is -0.432 e. The lowest BCUT2D eigenvalue weighted by Gasteiger charge is -2.71. The Labute approximate surface area is 551 Å². The average molecular weight is 1370 g/mol. The molecule has 6 saturated heterocycles. The number of ether oxygens (including phenoxy) is 12. The van der Waals surface area contributed by atoms with Crippen LogP contribution in [0.3, 0.4) is 0 Å². The molecule has 0 spiro atoms. The van der Waals surface area contributed by atoms with Crippen molar-refractivity contribution in [3.63, 3.8) is 0 Å². The summed E-state index contributed by atoms with van der Waals surface area (Å²) >= 11 is 0. The Morgan fingerprint density at radius 2 is 1.04 bits per heavy atom. The Bertz CT molecular complexity index is 2670. The second-order valence-electron chi connectivity index (χ2n) is 31.4. The highest BCUT2D eigenvalue weighted by Gasteiger charge is 2.71. The van der Waals surface area contributed by atoms with E-state index >= 15 is 4.79 Å².